The standard InChI is InChI=1S/C16H34O5Si/c1-5-9-12-22(19-10-6-2,20-11-7-3)21-16(8-4)18-14-15-13-17-15/h15-16H,5-14H2,1-4H3. The van der Waals surface area contributed by atoms with Crippen molar-refractivity contribution in [3.8, 4) is 0 Å². The van der Waals surface area contributed by atoms with Gasteiger partial charge in [-0.1, -0.05) is 34.1 Å². The molecule has 0 N–H and O–H groups in total. The van der Waals surface area contributed by atoms with Crippen molar-refractivity contribution in [3.05, 3.63) is 0 Å². The van der Waals surface area contributed by atoms with Crippen molar-refractivity contribution < 1.29 is 22.8 Å². The van der Waals surface area contributed by atoms with Gasteiger partial charge >= 0.3 is 8.80 Å². The summed E-state index contributed by atoms with van der Waals surface area (Å²) in [7, 11) is -2.66. The van der Waals surface area contributed by atoms with Gasteiger partial charge in [-0.25, -0.2) is 0 Å². The van der Waals surface area contributed by atoms with E-state index in [1.165, 1.54) is 0 Å². The zero-order valence-electron chi connectivity index (χ0n) is 14.8. The number of hydrogen-bond donors (Lipinski definition) is 0. The summed E-state index contributed by atoms with van der Waals surface area (Å²) >= 11 is 0. The summed E-state index contributed by atoms with van der Waals surface area (Å²) in [5, 5.41) is 0. The van der Waals surface area contributed by atoms with E-state index < -0.39 is 8.80 Å². The molecule has 1 aliphatic heterocycles. The Morgan fingerprint density at radius 3 is 2.14 bits per heavy atom. The fourth-order valence-electron chi connectivity index (χ4n) is 2.04. The van der Waals surface area contributed by atoms with Gasteiger partial charge in [0.2, 0.25) is 0 Å². The van der Waals surface area contributed by atoms with Crippen molar-refractivity contribution >= 4 is 8.80 Å². The third-order valence-corrected chi connectivity index (χ3v) is 6.28. The molecule has 0 aromatic carbocycles. The predicted molar refractivity (Wildman–Crippen MR) is 88.8 cm³/mol. The van der Waals surface area contributed by atoms with E-state index in [-0.39, 0.29) is 12.4 Å². The molecular formula is C16H34O5Si. The van der Waals surface area contributed by atoms with Gasteiger partial charge in [-0.15, -0.1) is 0 Å². The van der Waals surface area contributed by atoms with Gasteiger partial charge in [0.15, 0.2) is 6.29 Å². The van der Waals surface area contributed by atoms with E-state index in [4.69, 9.17) is 22.8 Å². The summed E-state index contributed by atoms with van der Waals surface area (Å²) in [5.41, 5.74) is 0. The highest BCUT2D eigenvalue weighted by atomic mass is 28.4. The first-order valence-electron chi connectivity index (χ1n) is 8.88. The summed E-state index contributed by atoms with van der Waals surface area (Å²) < 4.78 is 29.6. The molecule has 2 atom stereocenters. The number of unbranched alkanes of at least 4 members (excludes halogenated alkanes) is 1. The maximum absolute atomic E-state index is 6.29. The zero-order valence-corrected chi connectivity index (χ0v) is 15.8. The van der Waals surface area contributed by atoms with E-state index in [0.717, 1.165) is 44.8 Å². The average molecular weight is 335 g/mol. The highest BCUT2D eigenvalue weighted by Gasteiger charge is 2.43. The summed E-state index contributed by atoms with van der Waals surface area (Å²) in [4.78, 5) is 0. The lowest BCUT2D eigenvalue weighted by Crippen LogP contribution is -2.49. The molecule has 0 aromatic heterocycles. The van der Waals surface area contributed by atoms with Crippen LogP contribution in [0.1, 0.15) is 59.8 Å². The summed E-state index contributed by atoms with van der Waals surface area (Å²) in [6.07, 6.45) is 4.87. The second kappa shape index (κ2) is 11.5. The third-order valence-electron chi connectivity index (χ3n) is 3.40. The summed E-state index contributed by atoms with van der Waals surface area (Å²) in [6.45, 7) is 11.2. The molecule has 1 heterocycles. The minimum absolute atomic E-state index is 0.248. The lowest BCUT2D eigenvalue weighted by Gasteiger charge is -2.33. The highest BCUT2D eigenvalue weighted by Crippen LogP contribution is 2.24. The highest BCUT2D eigenvalue weighted by molar-refractivity contribution is 6.60. The lowest BCUT2D eigenvalue weighted by atomic mass is 10.4. The molecule has 1 rings (SSSR count). The van der Waals surface area contributed by atoms with Crippen LogP contribution < -0.4 is 0 Å². The summed E-state index contributed by atoms with van der Waals surface area (Å²) in [6, 6.07) is 0.864. The van der Waals surface area contributed by atoms with Crippen molar-refractivity contribution in [1.29, 1.82) is 0 Å². The van der Waals surface area contributed by atoms with E-state index in [2.05, 4.69) is 27.7 Å². The quantitative estimate of drug-likeness (QED) is 0.259. The molecule has 0 saturated carbocycles. The van der Waals surface area contributed by atoms with Gasteiger partial charge in [0.25, 0.3) is 0 Å². The van der Waals surface area contributed by atoms with Gasteiger partial charge in [0.05, 0.1) is 13.2 Å². The smallest absolute Gasteiger partial charge is 0.373 e. The number of hydrogen-bond acceptors (Lipinski definition) is 5. The topological polar surface area (TPSA) is 49.5 Å². The van der Waals surface area contributed by atoms with Crippen molar-refractivity contribution in [1.82, 2.24) is 0 Å². The number of epoxide rings is 1. The van der Waals surface area contributed by atoms with Crippen molar-refractivity contribution in [2.24, 2.45) is 0 Å². The first kappa shape index (κ1) is 20.1. The fourth-order valence-corrected chi connectivity index (χ4v) is 5.11. The van der Waals surface area contributed by atoms with Gasteiger partial charge < -0.3 is 22.8 Å². The van der Waals surface area contributed by atoms with Crippen LogP contribution in [-0.2, 0) is 22.8 Å². The van der Waals surface area contributed by atoms with Crippen molar-refractivity contribution in [3.63, 3.8) is 0 Å². The van der Waals surface area contributed by atoms with Gasteiger partial charge in [-0.2, -0.15) is 0 Å². The first-order valence-corrected chi connectivity index (χ1v) is 10.8. The van der Waals surface area contributed by atoms with E-state index >= 15 is 0 Å². The Bertz CT molecular complexity index is 251. The van der Waals surface area contributed by atoms with Gasteiger partial charge in [0, 0.05) is 19.3 Å². The average Bonchev–Trinajstić information content (AvgIpc) is 3.36. The van der Waals surface area contributed by atoms with Crippen LogP contribution in [0, 0.1) is 0 Å². The second-order valence-corrected chi connectivity index (χ2v) is 8.41. The van der Waals surface area contributed by atoms with Gasteiger partial charge in [-0.3, -0.25) is 0 Å². The molecular weight excluding hydrogens is 300 g/mol. The van der Waals surface area contributed by atoms with Crippen molar-refractivity contribution in [2.45, 2.75) is 78.2 Å². The molecule has 0 radical (unpaired) electrons. The third kappa shape index (κ3) is 8.03. The molecule has 0 bridgehead atoms. The molecule has 5 nitrogen and oxygen atoms in total. The predicted octanol–water partition coefficient (Wildman–Crippen LogP) is 3.75. The largest absolute Gasteiger partial charge is 0.502 e. The Hall–Kier alpha value is 0.0169. The normalized spacial score (nSPS) is 19.4. The van der Waals surface area contributed by atoms with Crippen LogP contribution in [0.4, 0.5) is 0 Å². The lowest BCUT2D eigenvalue weighted by molar-refractivity contribution is -0.124. The van der Waals surface area contributed by atoms with E-state index in [0.29, 0.717) is 19.8 Å². The zero-order chi connectivity index (χ0) is 16.3. The molecule has 1 saturated heterocycles. The minimum Gasteiger partial charge on any atom is -0.373 e. The molecule has 2 unspecified atom stereocenters. The van der Waals surface area contributed by atoms with Crippen LogP contribution >= 0.6 is 0 Å². The van der Waals surface area contributed by atoms with E-state index in [1.54, 1.807) is 0 Å². The number of rotatable bonds is 15. The second-order valence-electron chi connectivity index (χ2n) is 5.73. The molecule has 22 heavy (non-hydrogen) atoms. The maximum atomic E-state index is 6.29. The monoisotopic (exact) mass is 334 g/mol. The molecule has 1 aliphatic rings. The van der Waals surface area contributed by atoms with Gasteiger partial charge in [0.1, 0.15) is 6.10 Å². The van der Waals surface area contributed by atoms with Crippen LogP contribution in [0.25, 0.3) is 0 Å². The number of ether oxygens (including phenoxy) is 2. The van der Waals surface area contributed by atoms with Crippen LogP contribution in [0.5, 0.6) is 0 Å². The molecule has 6 heteroatoms. The Kier molecular flexibility index (Phi) is 10.5. The van der Waals surface area contributed by atoms with Gasteiger partial charge in [-0.05, 0) is 25.7 Å². The Morgan fingerprint density at radius 2 is 1.68 bits per heavy atom. The molecule has 1 fully saturated rings. The molecule has 0 aliphatic carbocycles. The SMILES string of the molecule is CCCC[Si](OCCC)(OCCC)OC(CC)OCC1CO1. The Balaban J connectivity index is 2.62. The Labute approximate surface area is 137 Å². The van der Waals surface area contributed by atoms with E-state index in [1.807, 2.05) is 0 Å². The molecule has 132 valence electrons. The van der Waals surface area contributed by atoms with Crippen molar-refractivity contribution in [2.75, 3.05) is 26.4 Å². The van der Waals surface area contributed by atoms with Crippen LogP contribution in [0.2, 0.25) is 6.04 Å². The van der Waals surface area contributed by atoms with Crippen LogP contribution in [-0.4, -0.2) is 47.6 Å². The first-order chi connectivity index (χ1) is 10.7. The molecule has 0 aromatic rings. The Morgan fingerprint density at radius 1 is 1.05 bits per heavy atom. The van der Waals surface area contributed by atoms with E-state index in [9.17, 15) is 0 Å². The van der Waals surface area contributed by atoms with Crippen LogP contribution in [0.15, 0.2) is 0 Å². The minimum atomic E-state index is -2.66. The van der Waals surface area contributed by atoms with Crippen LogP contribution in [0.3, 0.4) is 0 Å². The maximum Gasteiger partial charge on any atom is 0.502 e. The molecule has 0 spiro atoms. The summed E-state index contributed by atoms with van der Waals surface area (Å²) in [5.74, 6) is 0. The molecule has 0 amide bonds. The fraction of sp³-hybridized carbons (Fsp3) is 1.00.